The number of nitrogens with zero attached hydrogens (tertiary/aromatic N) is 3. The molecule has 31 heavy (non-hydrogen) atoms. The maximum absolute atomic E-state index is 12.7. The van der Waals surface area contributed by atoms with Crippen LogP contribution in [0.1, 0.15) is 49.8 Å². The molecule has 1 atom stereocenters. The lowest BCUT2D eigenvalue weighted by molar-refractivity contribution is 0.0535. The number of aromatic amines is 1. The van der Waals surface area contributed by atoms with E-state index in [0.717, 1.165) is 16.7 Å². The molecular formula is C22H21N5O4. The Morgan fingerprint density at radius 2 is 2.19 bits per heavy atom. The van der Waals surface area contributed by atoms with Gasteiger partial charge < -0.3 is 15.2 Å². The van der Waals surface area contributed by atoms with Crippen LogP contribution in [0.4, 0.5) is 0 Å². The van der Waals surface area contributed by atoms with E-state index in [-0.39, 0.29) is 31.2 Å². The number of nitrogens with one attached hydrogen (secondary N) is 2. The predicted molar refractivity (Wildman–Crippen MR) is 111 cm³/mol. The number of rotatable bonds is 6. The van der Waals surface area contributed by atoms with Gasteiger partial charge in [0, 0.05) is 31.0 Å². The second-order valence-corrected chi connectivity index (χ2v) is 7.44. The summed E-state index contributed by atoms with van der Waals surface area (Å²) in [5.41, 5.74) is 4.31. The number of H-pyrrole nitrogens is 1. The monoisotopic (exact) mass is 419 g/mol. The highest BCUT2D eigenvalue weighted by Gasteiger charge is 2.25. The number of hydrogen-bond acceptors (Lipinski definition) is 7. The highest BCUT2D eigenvalue weighted by atomic mass is 16.5. The third-order valence-corrected chi connectivity index (χ3v) is 5.51. The SMILES string of the molecule is Cc1cc(-n2[nH]cc(CNCC(O)c3ccc4c(c3C)COC4=O)c2=O)ncc1C#N. The molecule has 3 N–H and O–H groups in total. The van der Waals surface area contributed by atoms with Crippen LogP contribution < -0.4 is 10.9 Å². The molecule has 1 unspecified atom stereocenters. The number of carbonyl (C=O) groups is 1. The molecule has 9 nitrogen and oxygen atoms in total. The highest BCUT2D eigenvalue weighted by Crippen LogP contribution is 2.28. The Bertz CT molecular complexity index is 1270. The summed E-state index contributed by atoms with van der Waals surface area (Å²) in [7, 11) is 0. The van der Waals surface area contributed by atoms with Gasteiger partial charge in [-0.1, -0.05) is 6.07 Å². The van der Waals surface area contributed by atoms with Gasteiger partial charge in [0.05, 0.1) is 22.8 Å². The number of aliphatic hydroxyl groups excluding tert-OH is 1. The number of carbonyl (C=O) groups excluding carboxylic acids is 1. The average molecular weight is 419 g/mol. The van der Waals surface area contributed by atoms with Crippen molar-refractivity contribution in [3.63, 3.8) is 0 Å². The van der Waals surface area contributed by atoms with Gasteiger partial charge in [-0.3, -0.25) is 9.89 Å². The molecular weight excluding hydrogens is 398 g/mol. The summed E-state index contributed by atoms with van der Waals surface area (Å²) in [4.78, 5) is 28.5. The number of fused-ring (bicyclic) bond motifs is 1. The van der Waals surface area contributed by atoms with E-state index in [0.29, 0.717) is 28.1 Å². The van der Waals surface area contributed by atoms with Gasteiger partial charge in [-0.25, -0.2) is 14.5 Å². The molecule has 0 fully saturated rings. The van der Waals surface area contributed by atoms with Gasteiger partial charge in [-0.05, 0) is 42.7 Å². The molecule has 2 aromatic heterocycles. The fourth-order valence-corrected chi connectivity index (χ4v) is 3.67. The second kappa shape index (κ2) is 8.18. The van der Waals surface area contributed by atoms with Crippen molar-refractivity contribution in [2.75, 3.05) is 6.54 Å². The number of nitriles is 1. The minimum Gasteiger partial charge on any atom is -0.457 e. The van der Waals surface area contributed by atoms with Crippen LogP contribution in [-0.2, 0) is 17.9 Å². The molecule has 0 bridgehead atoms. The number of benzene rings is 1. The fraction of sp³-hybridized carbons (Fsp3) is 0.273. The van der Waals surface area contributed by atoms with Crippen LogP contribution in [0.15, 0.2) is 35.4 Å². The van der Waals surface area contributed by atoms with E-state index in [4.69, 9.17) is 10.00 Å². The molecule has 1 aromatic carbocycles. The smallest absolute Gasteiger partial charge is 0.338 e. The molecule has 0 saturated carbocycles. The third kappa shape index (κ3) is 3.74. The number of aryl methyl sites for hydroxylation is 1. The van der Waals surface area contributed by atoms with Crippen molar-refractivity contribution in [3.05, 3.63) is 79.9 Å². The molecule has 0 amide bonds. The molecule has 0 spiro atoms. The van der Waals surface area contributed by atoms with Gasteiger partial charge >= 0.3 is 5.97 Å². The zero-order valence-corrected chi connectivity index (χ0v) is 17.1. The predicted octanol–water partition coefficient (Wildman–Crippen LogP) is 1.54. The summed E-state index contributed by atoms with van der Waals surface area (Å²) in [5, 5.41) is 25.6. The van der Waals surface area contributed by atoms with Crippen LogP contribution in [0.2, 0.25) is 0 Å². The van der Waals surface area contributed by atoms with Crippen LogP contribution in [-0.4, -0.2) is 32.4 Å². The van der Waals surface area contributed by atoms with Gasteiger partial charge in [0.2, 0.25) is 0 Å². The van der Waals surface area contributed by atoms with Crippen molar-refractivity contribution in [3.8, 4) is 11.9 Å². The van der Waals surface area contributed by atoms with E-state index in [1.165, 1.54) is 10.9 Å². The number of esters is 1. The molecule has 1 aliphatic rings. The number of cyclic esters (lactones) is 1. The van der Waals surface area contributed by atoms with Crippen molar-refractivity contribution >= 4 is 5.97 Å². The van der Waals surface area contributed by atoms with E-state index >= 15 is 0 Å². The molecule has 9 heteroatoms. The van der Waals surface area contributed by atoms with Crippen molar-refractivity contribution in [2.24, 2.45) is 0 Å². The first kappa shape index (κ1) is 20.5. The van der Waals surface area contributed by atoms with E-state index < -0.39 is 6.10 Å². The molecule has 4 rings (SSSR count). The Kier molecular flexibility index (Phi) is 5.42. The minimum absolute atomic E-state index is 0.222. The highest BCUT2D eigenvalue weighted by molar-refractivity contribution is 5.93. The Hall–Kier alpha value is -3.74. The maximum Gasteiger partial charge on any atom is 0.338 e. The van der Waals surface area contributed by atoms with Gasteiger partial charge in [-0.2, -0.15) is 5.26 Å². The maximum atomic E-state index is 12.7. The molecule has 3 aromatic rings. The Morgan fingerprint density at radius 3 is 2.94 bits per heavy atom. The Morgan fingerprint density at radius 1 is 1.39 bits per heavy atom. The summed E-state index contributed by atoms with van der Waals surface area (Å²) >= 11 is 0. The van der Waals surface area contributed by atoms with Crippen molar-refractivity contribution < 1.29 is 14.6 Å². The lowest BCUT2D eigenvalue weighted by Gasteiger charge is -2.16. The standard InChI is InChI=1S/C22H21N5O4/c1-12-5-20(25-8-14(12)6-23)27-21(29)15(9-26-27)7-24-10-19(28)16-3-4-17-18(13(16)2)11-31-22(17)30/h3-5,8-9,19,24,26,28H,7,10-11H2,1-2H3. The molecule has 1 aliphatic heterocycles. The lowest BCUT2D eigenvalue weighted by Crippen LogP contribution is -2.26. The van der Waals surface area contributed by atoms with Crippen molar-refractivity contribution in [2.45, 2.75) is 33.1 Å². The molecule has 0 saturated heterocycles. The minimum atomic E-state index is -0.801. The summed E-state index contributed by atoms with van der Waals surface area (Å²) in [6, 6.07) is 7.12. The number of aliphatic hydroxyl groups is 1. The first-order valence-electron chi connectivity index (χ1n) is 9.75. The number of pyridine rings is 1. The average Bonchev–Trinajstić information content (AvgIpc) is 3.31. The topological polar surface area (TPSA) is 133 Å². The second-order valence-electron chi connectivity index (χ2n) is 7.44. The summed E-state index contributed by atoms with van der Waals surface area (Å²) < 4.78 is 6.36. The van der Waals surface area contributed by atoms with Crippen LogP contribution in [0.3, 0.4) is 0 Å². The number of aromatic nitrogens is 3. The zero-order chi connectivity index (χ0) is 22.1. The van der Waals surface area contributed by atoms with Gasteiger partial charge in [0.1, 0.15) is 12.7 Å². The van der Waals surface area contributed by atoms with Crippen LogP contribution in [0.5, 0.6) is 0 Å². The van der Waals surface area contributed by atoms with Gasteiger partial charge in [-0.15, -0.1) is 0 Å². The van der Waals surface area contributed by atoms with E-state index in [2.05, 4.69) is 15.4 Å². The van der Waals surface area contributed by atoms with E-state index in [1.807, 2.05) is 13.0 Å². The quantitative estimate of drug-likeness (QED) is 0.516. The number of hydrogen-bond donors (Lipinski definition) is 3. The Balaban J connectivity index is 1.43. The first-order valence-corrected chi connectivity index (χ1v) is 9.75. The van der Waals surface area contributed by atoms with Gasteiger partial charge in [0.25, 0.3) is 5.56 Å². The van der Waals surface area contributed by atoms with E-state index in [9.17, 15) is 14.7 Å². The molecule has 0 radical (unpaired) electrons. The summed E-state index contributed by atoms with van der Waals surface area (Å²) in [6.45, 7) is 4.34. The first-order chi connectivity index (χ1) is 14.9. The van der Waals surface area contributed by atoms with Crippen LogP contribution >= 0.6 is 0 Å². The zero-order valence-electron chi connectivity index (χ0n) is 17.1. The normalized spacial score (nSPS) is 13.5. The Labute approximate surface area is 177 Å². The molecule has 3 heterocycles. The summed E-state index contributed by atoms with van der Waals surface area (Å²) in [5.74, 6) is 0.0614. The number of ether oxygens (including phenoxy) is 1. The summed E-state index contributed by atoms with van der Waals surface area (Å²) in [6.07, 6.45) is 2.22. The van der Waals surface area contributed by atoms with Crippen LogP contribution in [0, 0.1) is 25.2 Å². The molecule has 0 aliphatic carbocycles. The fourth-order valence-electron chi connectivity index (χ4n) is 3.67. The van der Waals surface area contributed by atoms with Crippen molar-refractivity contribution in [1.82, 2.24) is 20.1 Å². The van der Waals surface area contributed by atoms with Crippen LogP contribution in [0.25, 0.3) is 5.82 Å². The van der Waals surface area contributed by atoms with Gasteiger partial charge in [0.15, 0.2) is 5.82 Å². The lowest BCUT2D eigenvalue weighted by atomic mass is 9.95. The molecule has 158 valence electrons. The largest absolute Gasteiger partial charge is 0.457 e. The van der Waals surface area contributed by atoms with Crippen molar-refractivity contribution in [1.29, 1.82) is 5.26 Å². The van der Waals surface area contributed by atoms with E-state index in [1.54, 1.807) is 31.3 Å². The third-order valence-electron chi connectivity index (χ3n) is 5.51.